The fraction of sp³-hybridized carbons (Fsp3) is 0.526. The molecule has 2 N–H and O–H groups in total. The molecule has 2 aromatic heterocycles. The molecule has 0 saturated carbocycles. The van der Waals surface area contributed by atoms with Crippen molar-refractivity contribution in [3.05, 3.63) is 44.3 Å². The second-order valence-electron chi connectivity index (χ2n) is 6.59. The lowest BCUT2D eigenvalue weighted by Gasteiger charge is -2.34. The van der Waals surface area contributed by atoms with E-state index in [1.165, 1.54) is 4.88 Å². The van der Waals surface area contributed by atoms with Crippen molar-refractivity contribution < 1.29 is 4.74 Å². The van der Waals surface area contributed by atoms with Crippen LogP contribution in [0, 0.1) is 0 Å². The van der Waals surface area contributed by atoms with Crippen molar-refractivity contribution >= 4 is 40.5 Å². The lowest BCUT2D eigenvalue weighted by Crippen LogP contribution is -2.46. The summed E-state index contributed by atoms with van der Waals surface area (Å²) in [6.45, 7) is 7.58. The molecule has 0 aliphatic carbocycles. The first-order chi connectivity index (χ1) is 13.6. The highest BCUT2D eigenvalue weighted by molar-refractivity contribution is 7.10. The summed E-state index contributed by atoms with van der Waals surface area (Å²) in [6, 6.07) is 6.46. The molecule has 0 radical (unpaired) electrons. The number of halogens is 2. The highest BCUT2D eigenvalue weighted by Gasteiger charge is 2.23. The van der Waals surface area contributed by atoms with Gasteiger partial charge in [0, 0.05) is 43.8 Å². The van der Waals surface area contributed by atoms with Crippen molar-refractivity contribution in [2.24, 2.45) is 12.0 Å². The molecule has 2 aromatic rings. The van der Waals surface area contributed by atoms with Gasteiger partial charge in [-0.3, -0.25) is 4.90 Å². The Kier molecular flexibility index (Phi) is 8.05. The molecule has 0 amide bonds. The van der Waals surface area contributed by atoms with E-state index in [1.807, 2.05) is 17.7 Å². The summed E-state index contributed by atoms with van der Waals surface area (Å²) in [4.78, 5) is 8.54. The lowest BCUT2D eigenvalue weighted by molar-refractivity contribution is 0.0177. The second-order valence-corrected chi connectivity index (χ2v) is 8.33. The third-order valence-corrected chi connectivity index (χ3v) is 6.60. The van der Waals surface area contributed by atoms with Crippen LogP contribution in [0.2, 0.25) is 10.2 Å². The van der Waals surface area contributed by atoms with Crippen LogP contribution in [0.5, 0.6) is 0 Å². The largest absolute Gasteiger partial charge is 0.379 e. The highest BCUT2D eigenvalue weighted by Crippen LogP contribution is 2.26. The Labute approximate surface area is 180 Å². The number of hydrogen-bond donors (Lipinski definition) is 2. The topological polar surface area (TPSA) is 53.8 Å². The van der Waals surface area contributed by atoms with Crippen molar-refractivity contribution in [1.82, 2.24) is 20.1 Å². The van der Waals surface area contributed by atoms with Gasteiger partial charge in [0.1, 0.15) is 5.15 Å². The Morgan fingerprint density at radius 2 is 2.11 bits per heavy atom. The third-order valence-electron chi connectivity index (χ3n) is 4.78. The number of morpholine rings is 1. The normalized spacial score (nSPS) is 16.9. The van der Waals surface area contributed by atoms with Crippen LogP contribution in [0.3, 0.4) is 0 Å². The molecule has 6 nitrogen and oxygen atoms in total. The average molecular weight is 444 g/mol. The molecule has 154 valence electrons. The number of hydrogen-bond acceptors (Lipinski definition) is 4. The minimum atomic E-state index is 0.298. The zero-order valence-corrected chi connectivity index (χ0v) is 18.6. The maximum atomic E-state index is 6.16. The standard InChI is InChI=1S/C19H27Cl2N5OS/c1-3-22-19(23-12-14-11-15(20)18(21)25(14)2)24-13-16(17-5-4-10-28-17)26-6-8-27-9-7-26/h4-5,10-11,16H,3,6-9,12-13H2,1-2H3,(H2,22,23,24). The molecule has 3 heterocycles. The van der Waals surface area contributed by atoms with E-state index in [4.69, 9.17) is 32.9 Å². The zero-order chi connectivity index (χ0) is 19.9. The molecule has 1 aliphatic rings. The Balaban J connectivity index is 1.68. The minimum Gasteiger partial charge on any atom is -0.379 e. The van der Waals surface area contributed by atoms with Crippen LogP contribution in [0.15, 0.2) is 28.6 Å². The molecule has 1 unspecified atom stereocenters. The molecule has 1 atom stereocenters. The monoisotopic (exact) mass is 443 g/mol. The quantitative estimate of drug-likeness (QED) is 0.507. The van der Waals surface area contributed by atoms with Crippen LogP contribution in [-0.2, 0) is 18.3 Å². The second kappa shape index (κ2) is 10.5. The number of guanidine groups is 1. The van der Waals surface area contributed by atoms with E-state index in [0.717, 1.165) is 51.0 Å². The number of aliphatic imine (C=N–C) groups is 1. The summed E-state index contributed by atoms with van der Waals surface area (Å²) in [6.07, 6.45) is 0. The summed E-state index contributed by atoms with van der Waals surface area (Å²) in [7, 11) is 1.89. The van der Waals surface area contributed by atoms with Gasteiger partial charge in [-0.2, -0.15) is 0 Å². The first kappa shape index (κ1) is 21.5. The van der Waals surface area contributed by atoms with Gasteiger partial charge in [0.15, 0.2) is 5.96 Å². The van der Waals surface area contributed by atoms with Crippen LogP contribution in [0.1, 0.15) is 23.5 Å². The van der Waals surface area contributed by atoms with E-state index < -0.39 is 0 Å². The van der Waals surface area contributed by atoms with Crippen LogP contribution >= 0.6 is 34.5 Å². The molecular weight excluding hydrogens is 417 g/mol. The smallest absolute Gasteiger partial charge is 0.191 e. The highest BCUT2D eigenvalue weighted by atomic mass is 35.5. The van der Waals surface area contributed by atoms with Gasteiger partial charge < -0.3 is 19.9 Å². The number of nitrogens with one attached hydrogen (secondary N) is 2. The van der Waals surface area contributed by atoms with Gasteiger partial charge in [-0.25, -0.2) is 4.99 Å². The number of ether oxygens (including phenoxy) is 1. The Bertz CT molecular complexity index is 772. The number of thiophene rings is 1. The van der Waals surface area contributed by atoms with Crippen molar-refractivity contribution in [2.45, 2.75) is 19.5 Å². The van der Waals surface area contributed by atoms with Gasteiger partial charge in [-0.15, -0.1) is 11.3 Å². The minimum absolute atomic E-state index is 0.298. The third kappa shape index (κ3) is 5.42. The van der Waals surface area contributed by atoms with Gasteiger partial charge >= 0.3 is 0 Å². The van der Waals surface area contributed by atoms with Gasteiger partial charge in [-0.1, -0.05) is 29.3 Å². The predicted molar refractivity (Wildman–Crippen MR) is 118 cm³/mol. The van der Waals surface area contributed by atoms with Crippen LogP contribution < -0.4 is 10.6 Å². The summed E-state index contributed by atoms with van der Waals surface area (Å²) in [5.74, 6) is 0.783. The van der Waals surface area contributed by atoms with Crippen molar-refractivity contribution in [2.75, 3.05) is 39.4 Å². The van der Waals surface area contributed by atoms with E-state index in [0.29, 0.717) is 22.8 Å². The van der Waals surface area contributed by atoms with E-state index >= 15 is 0 Å². The predicted octanol–water partition coefficient (Wildman–Crippen LogP) is 3.52. The Hall–Kier alpha value is -1.25. The number of nitrogens with zero attached hydrogens (tertiary/aromatic N) is 3. The van der Waals surface area contributed by atoms with E-state index in [1.54, 1.807) is 11.3 Å². The maximum absolute atomic E-state index is 6.16. The summed E-state index contributed by atoms with van der Waals surface area (Å²) in [5, 5.41) is 10.0. The summed E-state index contributed by atoms with van der Waals surface area (Å²) in [5.41, 5.74) is 0.968. The SMILES string of the molecule is CCNC(=NCc1cc(Cl)c(Cl)n1C)NCC(c1cccs1)N1CCOCC1. The van der Waals surface area contributed by atoms with Gasteiger partial charge in [0.05, 0.1) is 30.8 Å². The van der Waals surface area contributed by atoms with Crippen LogP contribution in [0.4, 0.5) is 0 Å². The molecule has 1 aliphatic heterocycles. The molecular formula is C19H27Cl2N5OS. The van der Waals surface area contributed by atoms with Crippen LogP contribution in [0.25, 0.3) is 0 Å². The molecule has 0 bridgehead atoms. The molecule has 3 rings (SSSR count). The first-order valence-electron chi connectivity index (χ1n) is 9.47. The van der Waals surface area contributed by atoms with Crippen molar-refractivity contribution in [1.29, 1.82) is 0 Å². The molecule has 0 aromatic carbocycles. The number of aromatic nitrogens is 1. The molecule has 0 spiro atoms. The van der Waals surface area contributed by atoms with Crippen molar-refractivity contribution in [3.63, 3.8) is 0 Å². The molecule has 1 saturated heterocycles. The van der Waals surface area contributed by atoms with E-state index in [-0.39, 0.29) is 0 Å². The fourth-order valence-corrected chi connectivity index (χ4v) is 4.49. The van der Waals surface area contributed by atoms with Gasteiger partial charge in [0.2, 0.25) is 0 Å². The van der Waals surface area contributed by atoms with Gasteiger partial charge in [0.25, 0.3) is 0 Å². The zero-order valence-electron chi connectivity index (χ0n) is 16.3. The molecule has 28 heavy (non-hydrogen) atoms. The fourth-order valence-electron chi connectivity index (χ4n) is 3.22. The average Bonchev–Trinajstić information content (AvgIpc) is 3.32. The molecule has 9 heteroatoms. The summed E-state index contributed by atoms with van der Waals surface area (Å²) < 4.78 is 7.38. The number of rotatable bonds is 7. The Morgan fingerprint density at radius 3 is 2.71 bits per heavy atom. The van der Waals surface area contributed by atoms with Crippen molar-refractivity contribution in [3.8, 4) is 0 Å². The summed E-state index contributed by atoms with van der Waals surface area (Å²) >= 11 is 14.1. The van der Waals surface area contributed by atoms with E-state index in [2.05, 4.69) is 40.0 Å². The Morgan fingerprint density at radius 1 is 1.32 bits per heavy atom. The first-order valence-corrected chi connectivity index (χ1v) is 11.1. The van der Waals surface area contributed by atoms with E-state index in [9.17, 15) is 0 Å². The molecule has 1 fully saturated rings. The maximum Gasteiger partial charge on any atom is 0.191 e. The van der Waals surface area contributed by atoms with Gasteiger partial charge in [-0.05, 0) is 24.4 Å². The van der Waals surface area contributed by atoms with Crippen LogP contribution in [-0.4, -0.2) is 54.8 Å². The lowest BCUT2D eigenvalue weighted by atomic mass is 10.2.